The molecule has 0 aromatic rings. The van der Waals surface area contributed by atoms with Crippen LogP contribution in [0.3, 0.4) is 0 Å². The molecule has 1 fully saturated rings. The van der Waals surface area contributed by atoms with Gasteiger partial charge in [-0.05, 0) is 37.1 Å². The van der Waals surface area contributed by atoms with Gasteiger partial charge in [0.1, 0.15) is 0 Å². The van der Waals surface area contributed by atoms with Gasteiger partial charge in [-0.25, -0.2) is 0 Å². The molecule has 1 rings (SSSR count). The Labute approximate surface area is 117 Å². The highest BCUT2D eigenvalue weighted by atomic mass is 19.4. The van der Waals surface area contributed by atoms with Crippen molar-refractivity contribution < 1.29 is 23.1 Å². The van der Waals surface area contributed by atoms with Crippen molar-refractivity contribution in [1.82, 2.24) is 5.32 Å². The summed E-state index contributed by atoms with van der Waals surface area (Å²) < 4.78 is 36.7. The van der Waals surface area contributed by atoms with E-state index < -0.39 is 24.0 Å². The number of halogens is 3. The topological polar surface area (TPSA) is 49.3 Å². The maximum atomic E-state index is 12.2. The maximum Gasteiger partial charge on any atom is 0.389 e. The molecule has 1 aliphatic heterocycles. The minimum Gasteiger partial charge on any atom is -0.481 e. The molecule has 118 valence electrons. The van der Waals surface area contributed by atoms with Gasteiger partial charge in [-0.2, -0.15) is 13.2 Å². The van der Waals surface area contributed by atoms with Gasteiger partial charge in [0.2, 0.25) is 0 Å². The summed E-state index contributed by atoms with van der Waals surface area (Å²) in [4.78, 5) is 11.6. The van der Waals surface area contributed by atoms with E-state index in [1.54, 1.807) is 0 Å². The molecule has 3 nitrogen and oxygen atoms in total. The highest BCUT2D eigenvalue weighted by Gasteiger charge is 2.45. The van der Waals surface area contributed by atoms with Crippen molar-refractivity contribution in [3.8, 4) is 0 Å². The van der Waals surface area contributed by atoms with Gasteiger partial charge < -0.3 is 10.4 Å². The second-order valence-electron chi connectivity index (χ2n) is 6.95. The molecule has 20 heavy (non-hydrogen) atoms. The van der Waals surface area contributed by atoms with Crippen LogP contribution in [0, 0.1) is 16.7 Å². The normalized spacial score (nSPS) is 28.4. The van der Waals surface area contributed by atoms with Crippen LogP contribution < -0.4 is 5.32 Å². The van der Waals surface area contributed by atoms with Gasteiger partial charge in [0.05, 0.1) is 5.41 Å². The molecule has 0 spiro atoms. The van der Waals surface area contributed by atoms with E-state index in [0.717, 1.165) is 6.54 Å². The van der Waals surface area contributed by atoms with Crippen molar-refractivity contribution in [1.29, 1.82) is 0 Å². The number of alkyl halides is 3. The molecule has 0 radical (unpaired) electrons. The van der Waals surface area contributed by atoms with E-state index in [0.29, 0.717) is 6.42 Å². The zero-order valence-electron chi connectivity index (χ0n) is 12.3. The molecule has 1 saturated heterocycles. The molecule has 0 aromatic heterocycles. The lowest BCUT2D eigenvalue weighted by Gasteiger charge is -2.43. The number of nitrogens with one attached hydrogen (secondary N) is 1. The second kappa shape index (κ2) is 5.92. The van der Waals surface area contributed by atoms with Gasteiger partial charge in [-0.3, -0.25) is 4.79 Å². The quantitative estimate of drug-likeness (QED) is 0.835. The summed E-state index contributed by atoms with van der Waals surface area (Å²) in [7, 11) is 0. The molecule has 0 unspecified atom stereocenters. The molecule has 0 aromatic carbocycles. The number of hydrogen-bond donors (Lipinski definition) is 2. The maximum absolute atomic E-state index is 12.2. The molecule has 0 saturated carbocycles. The fourth-order valence-electron chi connectivity index (χ4n) is 2.80. The van der Waals surface area contributed by atoms with Crippen LogP contribution in [0.1, 0.15) is 46.5 Å². The van der Waals surface area contributed by atoms with Crippen LogP contribution >= 0.6 is 0 Å². The van der Waals surface area contributed by atoms with Crippen molar-refractivity contribution >= 4 is 5.97 Å². The van der Waals surface area contributed by atoms with Gasteiger partial charge in [0.15, 0.2) is 0 Å². The molecular formula is C14H24F3NO2. The number of hydrogen-bond acceptors (Lipinski definition) is 2. The fourth-order valence-corrected chi connectivity index (χ4v) is 2.80. The molecule has 0 bridgehead atoms. The standard InChI is InChI=1S/C14H24F3NO2/c1-12(2,3)10-7-13(11(19)20,9-18-8-10)5-4-6-14(15,16)17/h10,18H,4-9H2,1-3H3,(H,19,20)/t10-,13-/m1/s1. The summed E-state index contributed by atoms with van der Waals surface area (Å²) >= 11 is 0. The largest absolute Gasteiger partial charge is 0.481 e. The van der Waals surface area contributed by atoms with E-state index in [1.807, 2.05) is 20.8 Å². The monoisotopic (exact) mass is 295 g/mol. The molecule has 6 heteroatoms. The number of carboxylic acids is 1. The van der Waals surface area contributed by atoms with Crippen molar-refractivity contribution in [2.45, 2.75) is 52.6 Å². The van der Waals surface area contributed by atoms with Gasteiger partial charge in [0, 0.05) is 13.0 Å². The lowest BCUT2D eigenvalue weighted by Crippen LogP contribution is -2.51. The number of carboxylic acid groups (broad SMARTS) is 1. The lowest BCUT2D eigenvalue weighted by atomic mass is 9.66. The summed E-state index contributed by atoms with van der Waals surface area (Å²) in [6, 6.07) is 0. The first-order valence-electron chi connectivity index (χ1n) is 6.97. The number of rotatable bonds is 4. The van der Waals surface area contributed by atoms with Gasteiger partial charge in [0.25, 0.3) is 0 Å². The zero-order chi connectivity index (χ0) is 15.6. The SMILES string of the molecule is CC(C)(C)[C@H]1CNC[C@](CCCC(F)(F)F)(C(=O)O)C1. The molecule has 2 atom stereocenters. The summed E-state index contributed by atoms with van der Waals surface area (Å²) in [6.45, 7) is 7.08. The second-order valence-corrected chi connectivity index (χ2v) is 6.95. The Kier molecular flexibility index (Phi) is 5.11. The molecule has 2 N–H and O–H groups in total. The minimum atomic E-state index is -4.22. The fraction of sp³-hybridized carbons (Fsp3) is 0.929. The summed E-state index contributed by atoms with van der Waals surface area (Å²) in [5, 5.41) is 12.6. The third kappa shape index (κ3) is 4.65. The Morgan fingerprint density at radius 2 is 1.95 bits per heavy atom. The Bertz CT molecular complexity index is 349. The molecule has 1 heterocycles. The van der Waals surface area contributed by atoms with Crippen LogP contribution in [0.2, 0.25) is 0 Å². The third-order valence-corrected chi connectivity index (χ3v) is 4.29. The van der Waals surface area contributed by atoms with Gasteiger partial charge >= 0.3 is 12.1 Å². The molecular weight excluding hydrogens is 271 g/mol. The van der Waals surface area contributed by atoms with Crippen LogP contribution in [-0.2, 0) is 4.79 Å². The van der Waals surface area contributed by atoms with Crippen LogP contribution in [-0.4, -0.2) is 30.3 Å². The first kappa shape index (κ1) is 17.3. The minimum absolute atomic E-state index is 0.0574. The summed E-state index contributed by atoms with van der Waals surface area (Å²) in [5.74, 6) is -0.834. The van der Waals surface area contributed by atoms with E-state index in [4.69, 9.17) is 0 Å². The number of piperidine rings is 1. The van der Waals surface area contributed by atoms with E-state index >= 15 is 0 Å². The van der Waals surface area contributed by atoms with Crippen molar-refractivity contribution in [3.05, 3.63) is 0 Å². The van der Waals surface area contributed by atoms with Gasteiger partial charge in [-0.15, -0.1) is 0 Å². The third-order valence-electron chi connectivity index (χ3n) is 4.29. The van der Waals surface area contributed by atoms with Crippen LogP contribution in [0.15, 0.2) is 0 Å². The summed E-state index contributed by atoms with van der Waals surface area (Å²) in [5.41, 5.74) is -1.13. The van der Waals surface area contributed by atoms with Crippen molar-refractivity contribution in [2.75, 3.05) is 13.1 Å². The van der Waals surface area contributed by atoms with E-state index in [1.165, 1.54) is 0 Å². The first-order valence-corrected chi connectivity index (χ1v) is 6.97. The molecule has 0 aliphatic carbocycles. The van der Waals surface area contributed by atoms with Crippen molar-refractivity contribution in [3.63, 3.8) is 0 Å². The van der Waals surface area contributed by atoms with Gasteiger partial charge in [-0.1, -0.05) is 20.8 Å². The highest BCUT2D eigenvalue weighted by Crippen LogP contribution is 2.42. The van der Waals surface area contributed by atoms with Crippen LogP contribution in [0.25, 0.3) is 0 Å². The number of carbonyl (C=O) groups is 1. The van der Waals surface area contributed by atoms with E-state index in [2.05, 4.69) is 5.32 Å². The Hall–Kier alpha value is -0.780. The van der Waals surface area contributed by atoms with Crippen molar-refractivity contribution in [2.24, 2.45) is 16.7 Å². The Morgan fingerprint density at radius 1 is 1.35 bits per heavy atom. The van der Waals surface area contributed by atoms with E-state index in [9.17, 15) is 23.1 Å². The van der Waals surface area contributed by atoms with Crippen LogP contribution in [0.4, 0.5) is 13.2 Å². The first-order chi connectivity index (χ1) is 8.96. The lowest BCUT2D eigenvalue weighted by molar-refractivity contribution is -0.155. The number of aliphatic carboxylic acids is 1. The predicted molar refractivity (Wildman–Crippen MR) is 70.4 cm³/mol. The molecule has 1 aliphatic rings. The van der Waals surface area contributed by atoms with Crippen LogP contribution in [0.5, 0.6) is 0 Å². The zero-order valence-corrected chi connectivity index (χ0v) is 12.3. The predicted octanol–water partition coefficient (Wildman–Crippen LogP) is 3.45. The highest BCUT2D eigenvalue weighted by molar-refractivity contribution is 5.75. The Morgan fingerprint density at radius 3 is 2.40 bits per heavy atom. The summed E-state index contributed by atoms with van der Waals surface area (Å²) in [6.07, 6.45) is -4.75. The molecule has 0 amide bonds. The van der Waals surface area contributed by atoms with E-state index in [-0.39, 0.29) is 30.7 Å². The Balaban J connectivity index is 2.74. The average molecular weight is 295 g/mol. The average Bonchev–Trinajstić information content (AvgIpc) is 2.26. The smallest absolute Gasteiger partial charge is 0.389 e.